The van der Waals surface area contributed by atoms with E-state index in [9.17, 15) is 0 Å². The van der Waals surface area contributed by atoms with Gasteiger partial charge in [0.1, 0.15) is 22.3 Å². The predicted molar refractivity (Wildman–Crippen MR) is 256 cm³/mol. The van der Waals surface area contributed by atoms with E-state index in [-0.39, 0.29) is 0 Å². The Morgan fingerprint density at radius 3 is 1.59 bits per heavy atom. The molecule has 0 saturated heterocycles. The van der Waals surface area contributed by atoms with Crippen LogP contribution in [0.5, 0.6) is 0 Å². The zero-order valence-electron chi connectivity index (χ0n) is 33.7. The maximum atomic E-state index is 7.05. The van der Waals surface area contributed by atoms with Crippen LogP contribution in [0.3, 0.4) is 0 Å². The lowest BCUT2D eigenvalue weighted by Gasteiger charge is -2.10. The molecule has 6 heteroatoms. The SMILES string of the molecule is c1ccc(-c2cccc(-c3nc(-c4cccc5c4oc4ccccc45)nc(-c4cccc5c4oc4c(-c6ccc7c(c6)c6ccccc6n7-c6ccccc6)cccc45)n3)c2)cc1. The first-order valence-corrected chi connectivity index (χ1v) is 21.1. The maximum Gasteiger partial charge on any atom is 0.167 e. The first-order chi connectivity index (χ1) is 31.2. The summed E-state index contributed by atoms with van der Waals surface area (Å²) in [6, 6.07) is 71.5. The smallest absolute Gasteiger partial charge is 0.167 e. The summed E-state index contributed by atoms with van der Waals surface area (Å²) < 4.78 is 15.9. The van der Waals surface area contributed by atoms with Crippen molar-refractivity contribution in [2.45, 2.75) is 0 Å². The van der Waals surface area contributed by atoms with Crippen LogP contribution < -0.4 is 0 Å². The highest BCUT2D eigenvalue weighted by atomic mass is 16.3. The summed E-state index contributed by atoms with van der Waals surface area (Å²) in [6.07, 6.45) is 0. The summed E-state index contributed by atoms with van der Waals surface area (Å²) in [5, 5.41) is 6.44. The molecule has 4 heterocycles. The van der Waals surface area contributed by atoms with Crippen LogP contribution >= 0.6 is 0 Å². The molecule has 0 atom stereocenters. The third kappa shape index (κ3) is 5.62. The largest absolute Gasteiger partial charge is 0.455 e. The molecule has 0 spiro atoms. The van der Waals surface area contributed by atoms with Crippen LogP contribution in [0.2, 0.25) is 0 Å². The summed E-state index contributed by atoms with van der Waals surface area (Å²) in [6.45, 7) is 0. The van der Waals surface area contributed by atoms with Crippen molar-refractivity contribution in [2.75, 3.05) is 0 Å². The zero-order valence-corrected chi connectivity index (χ0v) is 33.7. The van der Waals surface area contributed by atoms with Gasteiger partial charge in [0.05, 0.1) is 22.2 Å². The predicted octanol–water partition coefficient (Wildman–Crippen LogP) is 15.1. The van der Waals surface area contributed by atoms with Crippen molar-refractivity contribution in [1.82, 2.24) is 19.5 Å². The van der Waals surface area contributed by atoms with Crippen molar-refractivity contribution >= 4 is 65.7 Å². The first-order valence-electron chi connectivity index (χ1n) is 21.1. The Morgan fingerprint density at radius 1 is 0.302 bits per heavy atom. The number of nitrogens with zero attached hydrogens (tertiary/aromatic N) is 4. The number of hydrogen-bond acceptors (Lipinski definition) is 5. The third-order valence-electron chi connectivity index (χ3n) is 12.3. The van der Waals surface area contributed by atoms with Gasteiger partial charge in [0.25, 0.3) is 0 Å². The van der Waals surface area contributed by atoms with Gasteiger partial charge in [-0.25, -0.2) is 15.0 Å². The molecule has 0 N–H and O–H groups in total. The minimum Gasteiger partial charge on any atom is -0.455 e. The minimum absolute atomic E-state index is 0.509. The maximum absolute atomic E-state index is 7.05. The summed E-state index contributed by atoms with van der Waals surface area (Å²) >= 11 is 0. The average Bonchev–Trinajstić information content (AvgIpc) is 4.04. The Bertz CT molecular complexity index is 3920. The normalized spacial score (nSPS) is 11.8. The van der Waals surface area contributed by atoms with Crippen LogP contribution in [0.25, 0.3) is 128 Å². The van der Waals surface area contributed by atoms with Gasteiger partial charge in [0.2, 0.25) is 0 Å². The van der Waals surface area contributed by atoms with Crippen LogP contribution in [-0.2, 0) is 0 Å². The van der Waals surface area contributed by atoms with Crippen LogP contribution in [0.1, 0.15) is 0 Å². The van der Waals surface area contributed by atoms with Crippen molar-refractivity contribution in [3.63, 3.8) is 0 Å². The van der Waals surface area contributed by atoms with Crippen LogP contribution in [-0.4, -0.2) is 19.5 Å². The van der Waals surface area contributed by atoms with Gasteiger partial charge in [-0.1, -0.05) is 152 Å². The molecule has 0 bridgehead atoms. The van der Waals surface area contributed by atoms with Crippen molar-refractivity contribution in [3.8, 4) is 62.1 Å². The fourth-order valence-electron chi connectivity index (χ4n) is 9.36. The van der Waals surface area contributed by atoms with Gasteiger partial charge in [-0.05, 0) is 71.3 Å². The molecule has 63 heavy (non-hydrogen) atoms. The fraction of sp³-hybridized carbons (Fsp3) is 0. The molecule has 4 aromatic heterocycles. The molecule has 0 amide bonds. The van der Waals surface area contributed by atoms with E-state index in [0.29, 0.717) is 23.1 Å². The minimum atomic E-state index is 0.509. The van der Waals surface area contributed by atoms with Gasteiger partial charge >= 0.3 is 0 Å². The average molecular weight is 807 g/mol. The highest BCUT2D eigenvalue weighted by Gasteiger charge is 2.22. The third-order valence-corrected chi connectivity index (χ3v) is 12.3. The molecule has 0 unspecified atom stereocenters. The molecule has 0 aliphatic carbocycles. The van der Waals surface area contributed by atoms with E-state index in [1.165, 1.54) is 16.3 Å². The molecule has 294 valence electrons. The molecule has 13 aromatic rings. The quantitative estimate of drug-likeness (QED) is 0.167. The molecular weight excluding hydrogens is 773 g/mol. The van der Waals surface area contributed by atoms with Crippen molar-refractivity contribution in [3.05, 3.63) is 206 Å². The Hall–Kier alpha value is -8.61. The second-order valence-corrected chi connectivity index (χ2v) is 15.9. The number of aromatic nitrogens is 4. The van der Waals surface area contributed by atoms with E-state index >= 15 is 0 Å². The monoisotopic (exact) mass is 806 g/mol. The number of benzene rings is 9. The lowest BCUT2D eigenvalue weighted by molar-refractivity contribution is 0.669. The lowest BCUT2D eigenvalue weighted by atomic mass is 10.00. The van der Waals surface area contributed by atoms with E-state index in [0.717, 1.165) is 88.4 Å². The number of rotatable bonds is 6. The van der Waals surface area contributed by atoms with Gasteiger partial charge in [-0.15, -0.1) is 0 Å². The Kier molecular flexibility index (Phi) is 7.80. The van der Waals surface area contributed by atoms with Gasteiger partial charge in [0.15, 0.2) is 17.5 Å². The van der Waals surface area contributed by atoms with Crippen LogP contribution in [0, 0.1) is 0 Å². The number of furan rings is 2. The van der Waals surface area contributed by atoms with Gasteiger partial charge < -0.3 is 13.4 Å². The van der Waals surface area contributed by atoms with E-state index in [2.05, 4.69) is 168 Å². The van der Waals surface area contributed by atoms with Crippen molar-refractivity contribution in [1.29, 1.82) is 0 Å². The molecule has 6 nitrogen and oxygen atoms in total. The number of fused-ring (bicyclic) bond motifs is 9. The second kappa shape index (κ2) is 14.0. The molecule has 0 aliphatic rings. The van der Waals surface area contributed by atoms with E-state index in [4.69, 9.17) is 23.8 Å². The Labute approximate surface area is 361 Å². The summed E-state index contributed by atoms with van der Waals surface area (Å²) in [5.41, 5.74) is 13.2. The van der Waals surface area contributed by atoms with Crippen molar-refractivity contribution in [2.24, 2.45) is 0 Å². The van der Waals surface area contributed by atoms with Gasteiger partial charge in [0, 0.05) is 49.1 Å². The molecule has 0 saturated carbocycles. The van der Waals surface area contributed by atoms with Crippen molar-refractivity contribution < 1.29 is 8.83 Å². The molecular formula is C57H34N4O2. The van der Waals surface area contributed by atoms with Crippen LogP contribution in [0.15, 0.2) is 215 Å². The number of para-hydroxylation sites is 6. The fourth-order valence-corrected chi connectivity index (χ4v) is 9.36. The van der Waals surface area contributed by atoms with E-state index < -0.39 is 0 Å². The lowest BCUT2D eigenvalue weighted by Crippen LogP contribution is -2.00. The van der Waals surface area contributed by atoms with E-state index in [1.807, 2.05) is 42.5 Å². The summed E-state index contributed by atoms with van der Waals surface area (Å²) in [4.78, 5) is 15.7. The topological polar surface area (TPSA) is 69.9 Å². The second-order valence-electron chi connectivity index (χ2n) is 15.9. The highest BCUT2D eigenvalue weighted by molar-refractivity contribution is 6.15. The van der Waals surface area contributed by atoms with Gasteiger partial charge in [-0.3, -0.25) is 0 Å². The highest BCUT2D eigenvalue weighted by Crippen LogP contribution is 2.42. The molecule has 13 rings (SSSR count). The van der Waals surface area contributed by atoms with Gasteiger partial charge in [-0.2, -0.15) is 0 Å². The number of hydrogen-bond donors (Lipinski definition) is 0. The summed E-state index contributed by atoms with van der Waals surface area (Å²) in [5.74, 6) is 1.58. The molecule has 0 aliphatic heterocycles. The van der Waals surface area contributed by atoms with E-state index in [1.54, 1.807) is 0 Å². The molecule has 0 radical (unpaired) electrons. The van der Waals surface area contributed by atoms with Crippen LogP contribution in [0.4, 0.5) is 0 Å². The zero-order chi connectivity index (χ0) is 41.4. The Morgan fingerprint density at radius 2 is 0.825 bits per heavy atom. The summed E-state index contributed by atoms with van der Waals surface area (Å²) in [7, 11) is 0. The standard InChI is InChI=1S/C57H34N4O2/c1-3-15-35(16-4-1)36-17-11-18-38(33-36)55-58-56(46-27-13-24-43-42-22-8-10-30-51(42)62-53(43)46)60-57(59-55)47-28-14-26-45-44-25-12-23-40(52(44)63-54(45)47)37-31-32-50-48(34-37)41-21-7-9-29-49(41)61(50)39-19-5-2-6-20-39/h1-34H. The Balaban J connectivity index is 1.01. The molecule has 0 fully saturated rings. The molecule has 9 aromatic carbocycles. The first kappa shape index (κ1) is 35.2.